The van der Waals surface area contributed by atoms with Gasteiger partial charge in [-0.25, -0.2) is 0 Å². The molecule has 4 heteroatoms. The predicted molar refractivity (Wildman–Crippen MR) is 49.0 cm³/mol. The van der Waals surface area contributed by atoms with Crippen LogP contribution in [0.2, 0.25) is 0 Å². The van der Waals surface area contributed by atoms with Crippen LogP contribution in [0.3, 0.4) is 0 Å². The minimum Gasteiger partial charge on any atom is -0.486 e. The Morgan fingerprint density at radius 2 is 2.31 bits per heavy atom. The van der Waals surface area contributed by atoms with Crippen LogP contribution in [0.1, 0.15) is 0 Å². The lowest BCUT2D eigenvalue weighted by atomic mass is 10.2. The second kappa shape index (κ2) is 3.22. The lowest BCUT2D eigenvalue weighted by Gasteiger charge is -2.27. The van der Waals surface area contributed by atoms with Crippen molar-refractivity contribution in [2.45, 2.75) is 6.10 Å². The van der Waals surface area contributed by atoms with Crippen molar-refractivity contribution in [2.24, 2.45) is 7.05 Å². The van der Waals surface area contributed by atoms with E-state index < -0.39 is 0 Å². The van der Waals surface area contributed by atoms with Gasteiger partial charge in [0.2, 0.25) is 5.56 Å². The highest BCUT2D eigenvalue weighted by Gasteiger charge is 2.18. The number of aromatic nitrogens is 1. The molecule has 70 valence electrons. The van der Waals surface area contributed by atoms with Crippen LogP contribution in [-0.4, -0.2) is 23.8 Å². The Morgan fingerprint density at radius 3 is 2.85 bits per heavy atom. The van der Waals surface area contributed by atoms with Gasteiger partial charge in [-0.15, -0.1) is 0 Å². The summed E-state index contributed by atoms with van der Waals surface area (Å²) in [5.74, 6) is 0.758. The van der Waals surface area contributed by atoms with Crippen LogP contribution in [0.4, 0.5) is 0 Å². The molecular weight excluding hydrogens is 168 g/mol. The largest absolute Gasteiger partial charge is 0.486 e. The highest BCUT2D eigenvalue weighted by atomic mass is 16.5. The molecule has 1 fully saturated rings. The molecular formula is C9H12N2O2. The average molecular weight is 180 g/mol. The quantitative estimate of drug-likeness (QED) is 0.681. The minimum atomic E-state index is -0.0147. The van der Waals surface area contributed by atoms with Crippen molar-refractivity contribution in [3.63, 3.8) is 0 Å². The molecule has 0 amide bonds. The third-order valence-corrected chi connectivity index (χ3v) is 2.11. The van der Waals surface area contributed by atoms with Gasteiger partial charge >= 0.3 is 0 Å². The molecule has 4 nitrogen and oxygen atoms in total. The van der Waals surface area contributed by atoms with Gasteiger partial charge < -0.3 is 14.6 Å². The summed E-state index contributed by atoms with van der Waals surface area (Å²) in [4.78, 5) is 11.0. The van der Waals surface area contributed by atoms with E-state index in [4.69, 9.17) is 4.74 Å². The number of hydrogen-bond donors (Lipinski definition) is 1. The van der Waals surface area contributed by atoms with Crippen LogP contribution in [0.25, 0.3) is 0 Å². The highest BCUT2D eigenvalue weighted by Crippen LogP contribution is 2.10. The Bertz CT molecular complexity index is 355. The number of nitrogens with zero attached hydrogens (tertiary/aromatic N) is 1. The lowest BCUT2D eigenvalue weighted by Crippen LogP contribution is -2.50. The second-order valence-electron chi connectivity index (χ2n) is 3.21. The number of nitrogens with one attached hydrogen (secondary N) is 1. The van der Waals surface area contributed by atoms with E-state index in [2.05, 4.69) is 5.32 Å². The molecule has 0 aliphatic carbocycles. The second-order valence-corrected chi connectivity index (χ2v) is 3.21. The Hall–Kier alpha value is -1.29. The fourth-order valence-corrected chi connectivity index (χ4v) is 1.18. The third-order valence-electron chi connectivity index (χ3n) is 2.11. The summed E-state index contributed by atoms with van der Waals surface area (Å²) in [6.45, 7) is 1.78. The summed E-state index contributed by atoms with van der Waals surface area (Å²) in [6, 6.07) is 3.22. The van der Waals surface area contributed by atoms with Gasteiger partial charge in [0.1, 0.15) is 11.9 Å². The first-order valence-electron chi connectivity index (χ1n) is 4.30. The first kappa shape index (κ1) is 8.31. The molecule has 1 saturated heterocycles. The Kier molecular flexibility index (Phi) is 2.06. The maximum atomic E-state index is 11.0. The van der Waals surface area contributed by atoms with Crippen LogP contribution < -0.4 is 15.6 Å². The van der Waals surface area contributed by atoms with E-state index in [-0.39, 0.29) is 11.7 Å². The Labute approximate surface area is 76.1 Å². The fourth-order valence-electron chi connectivity index (χ4n) is 1.18. The van der Waals surface area contributed by atoms with Crippen LogP contribution in [-0.2, 0) is 7.05 Å². The van der Waals surface area contributed by atoms with Gasteiger partial charge in [0, 0.05) is 32.4 Å². The standard InChI is InChI=1S/C9H12N2O2/c1-11-6-7(2-3-9(11)12)13-8-4-10-5-8/h2-3,6,8,10H,4-5H2,1H3. The molecule has 2 rings (SSSR count). The molecule has 1 N–H and O–H groups in total. The average Bonchev–Trinajstić information content (AvgIpc) is 2.04. The van der Waals surface area contributed by atoms with Crippen molar-refractivity contribution in [3.8, 4) is 5.75 Å². The van der Waals surface area contributed by atoms with Gasteiger partial charge in [0.05, 0.1) is 0 Å². The molecule has 1 aromatic rings. The van der Waals surface area contributed by atoms with Crippen molar-refractivity contribution in [1.82, 2.24) is 9.88 Å². The van der Waals surface area contributed by atoms with Crippen molar-refractivity contribution >= 4 is 0 Å². The van der Waals surface area contributed by atoms with E-state index in [1.807, 2.05) is 0 Å². The number of rotatable bonds is 2. The monoisotopic (exact) mass is 180 g/mol. The van der Waals surface area contributed by atoms with E-state index in [0.717, 1.165) is 18.8 Å². The summed E-state index contributed by atoms with van der Waals surface area (Å²) in [5.41, 5.74) is -0.0147. The van der Waals surface area contributed by atoms with Crippen molar-refractivity contribution in [2.75, 3.05) is 13.1 Å². The first-order chi connectivity index (χ1) is 6.25. The number of aryl methyl sites for hydroxylation is 1. The molecule has 0 radical (unpaired) electrons. The van der Waals surface area contributed by atoms with Crippen molar-refractivity contribution in [1.29, 1.82) is 0 Å². The van der Waals surface area contributed by atoms with Gasteiger partial charge in [0.15, 0.2) is 0 Å². The van der Waals surface area contributed by atoms with Gasteiger partial charge in [-0.2, -0.15) is 0 Å². The molecule has 0 bridgehead atoms. The molecule has 2 heterocycles. The highest BCUT2D eigenvalue weighted by molar-refractivity contribution is 5.17. The predicted octanol–water partition coefficient (Wildman–Crippen LogP) is -0.264. The van der Waals surface area contributed by atoms with Crippen LogP contribution in [0, 0.1) is 0 Å². The summed E-state index contributed by atoms with van der Waals surface area (Å²) in [7, 11) is 1.72. The van der Waals surface area contributed by atoms with Gasteiger partial charge in [-0.05, 0) is 6.07 Å². The zero-order valence-corrected chi connectivity index (χ0v) is 7.49. The SMILES string of the molecule is Cn1cc(OC2CNC2)ccc1=O. The zero-order valence-electron chi connectivity index (χ0n) is 7.49. The van der Waals surface area contributed by atoms with Gasteiger partial charge in [0.25, 0.3) is 0 Å². The van der Waals surface area contributed by atoms with E-state index in [0.29, 0.717) is 0 Å². The molecule has 1 aliphatic heterocycles. The Balaban J connectivity index is 2.11. The summed E-state index contributed by atoms with van der Waals surface area (Å²) < 4.78 is 7.08. The molecule has 1 aromatic heterocycles. The van der Waals surface area contributed by atoms with E-state index in [9.17, 15) is 4.79 Å². The number of ether oxygens (including phenoxy) is 1. The van der Waals surface area contributed by atoms with Gasteiger partial charge in [-0.3, -0.25) is 4.79 Å². The van der Waals surface area contributed by atoms with Crippen molar-refractivity contribution < 1.29 is 4.74 Å². The van der Waals surface area contributed by atoms with Crippen LogP contribution in [0.5, 0.6) is 5.75 Å². The first-order valence-corrected chi connectivity index (χ1v) is 4.30. The molecule has 13 heavy (non-hydrogen) atoms. The normalized spacial score (nSPS) is 16.7. The zero-order chi connectivity index (χ0) is 9.26. The molecule has 0 saturated carbocycles. The fraction of sp³-hybridized carbons (Fsp3) is 0.444. The van der Waals surface area contributed by atoms with Crippen LogP contribution >= 0.6 is 0 Å². The number of pyridine rings is 1. The van der Waals surface area contributed by atoms with Gasteiger partial charge in [-0.1, -0.05) is 0 Å². The Morgan fingerprint density at radius 1 is 1.54 bits per heavy atom. The van der Waals surface area contributed by atoms with Crippen LogP contribution in [0.15, 0.2) is 23.1 Å². The maximum Gasteiger partial charge on any atom is 0.250 e. The van der Waals surface area contributed by atoms with E-state index in [1.54, 1.807) is 19.3 Å². The topological polar surface area (TPSA) is 43.3 Å². The number of hydrogen-bond acceptors (Lipinski definition) is 3. The van der Waals surface area contributed by atoms with E-state index in [1.165, 1.54) is 10.6 Å². The molecule has 0 unspecified atom stereocenters. The maximum absolute atomic E-state index is 11.0. The summed E-state index contributed by atoms with van der Waals surface area (Å²) in [6.07, 6.45) is 1.97. The lowest BCUT2D eigenvalue weighted by molar-refractivity contribution is 0.141. The smallest absolute Gasteiger partial charge is 0.250 e. The molecule has 0 aromatic carbocycles. The third kappa shape index (κ3) is 1.72. The molecule has 1 aliphatic rings. The summed E-state index contributed by atoms with van der Waals surface area (Å²) in [5, 5.41) is 3.11. The molecule has 0 atom stereocenters. The summed E-state index contributed by atoms with van der Waals surface area (Å²) >= 11 is 0. The molecule has 0 spiro atoms. The van der Waals surface area contributed by atoms with E-state index >= 15 is 0 Å². The van der Waals surface area contributed by atoms with Crippen molar-refractivity contribution in [3.05, 3.63) is 28.7 Å². The minimum absolute atomic E-state index is 0.0147.